The van der Waals surface area contributed by atoms with Crippen LogP contribution in [0, 0.1) is 11.8 Å². The maximum absolute atomic E-state index is 12.6. The summed E-state index contributed by atoms with van der Waals surface area (Å²) in [5.74, 6) is 1.69. The summed E-state index contributed by atoms with van der Waals surface area (Å²) in [6, 6.07) is 0.137. The van der Waals surface area contributed by atoms with Crippen molar-refractivity contribution in [2.45, 2.75) is 53.0 Å². The molecule has 0 aliphatic rings. The van der Waals surface area contributed by atoms with E-state index in [-0.39, 0.29) is 11.8 Å². The third-order valence-corrected chi connectivity index (χ3v) is 3.96. The molecule has 1 heterocycles. The summed E-state index contributed by atoms with van der Waals surface area (Å²) in [7, 11) is 1.57. The normalized spacial score (nSPS) is 13.0. The van der Waals surface area contributed by atoms with Crippen molar-refractivity contribution in [1.82, 2.24) is 9.78 Å². The molecule has 120 valence electrons. The molecule has 0 aliphatic carbocycles. The highest BCUT2D eigenvalue weighted by Crippen LogP contribution is 2.26. The van der Waals surface area contributed by atoms with Crippen LogP contribution in [0.3, 0.4) is 0 Å². The molecule has 0 fully saturated rings. The quantitative estimate of drug-likeness (QED) is 0.711. The predicted molar refractivity (Wildman–Crippen MR) is 84.7 cm³/mol. The molecule has 5 heteroatoms. The number of nitrogens with two attached hydrogens (primary N) is 1. The van der Waals surface area contributed by atoms with Crippen molar-refractivity contribution in [1.29, 1.82) is 0 Å². The molecule has 1 atom stereocenters. The Morgan fingerprint density at radius 3 is 2.48 bits per heavy atom. The highest BCUT2D eigenvalue weighted by atomic mass is 16.5. The number of carbonyl (C=O) groups excluding carboxylic acids is 1. The Morgan fingerprint density at radius 2 is 2.00 bits per heavy atom. The van der Waals surface area contributed by atoms with E-state index in [9.17, 15) is 4.79 Å². The topological polar surface area (TPSA) is 70.1 Å². The first-order chi connectivity index (χ1) is 9.92. The van der Waals surface area contributed by atoms with Gasteiger partial charge in [-0.25, -0.2) is 0 Å². The Balaban J connectivity index is 2.81. The number of Topliss-reactive ketones (excluding diaryl/α,β-unsaturated/α-hetero) is 1. The third kappa shape index (κ3) is 4.56. The lowest BCUT2D eigenvalue weighted by molar-refractivity contribution is 0.0953. The molecule has 1 aromatic heterocycles. The summed E-state index contributed by atoms with van der Waals surface area (Å²) in [6.45, 7) is 9.06. The fourth-order valence-electron chi connectivity index (χ4n) is 2.61. The van der Waals surface area contributed by atoms with Gasteiger partial charge in [-0.3, -0.25) is 9.48 Å². The summed E-state index contributed by atoms with van der Waals surface area (Å²) in [4.78, 5) is 12.6. The Hall–Kier alpha value is -1.36. The Bertz CT molecular complexity index is 452. The molecule has 0 radical (unpaired) electrons. The van der Waals surface area contributed by atoms with Crippen LogP contribution in [-0.2, 0) is 0 Å². The second-order valence-electron chi connectivity index (χ2n) is 6.14. The highest BCUT2D eigenvalue weighted by molar-refractivity contribution is 5.97. The summed E-state index contributed by atoms with van der Waals surface area (Å²) in [6.07, 6.45) is 3.95. The number of hydrogen-bond acceptors (Lipinski definition) is 4. The molecule has 0 saturated carbocycles. The molecule has 0 bridgehead atoms. The first kappa shape index (κ1) is 17.7. The van der Waals surface area contributed by atoms with Crippen molar-refractivity contribution >= 4 is 5.78 Å². The van der Waals surface area contributed by atoms with E-state index < -0.39 is 0 Å². The van der Waals surface area contributed by atoms with Crippen molar-refractivity contribution in [3.63, 3.8) is 0 Å². The largest absolute Gasteiger partial charge is 0.493 e. The van der Waals surface area contributed by atoms with Crippen LogP contribution < -0.4 is 10.5 Å². The van der Waals surface area contributed by atoms with Crippen LogP contribution in [0.25, 0.3) is 0 Å². The molecule has 5 nitrogen and oxygen atoms in total. The summed E-state index contributed by atoms with van der Waals surface area (Å²) in [5.41, 5.74) is 6.24. The van der Waals surface area contributed by atoms with Crippen molar-refractivity contribution in [3.8, 4) is 5.75 Å². The molecular weight excluding hydrogens is 266 g/mol. The van der Waals surface area contributed by atoms with Gasteiger partial charge in [0.25, 0.3) is 0 Å². The van der Waals surface area contributed by atoms with Crippen LogP contribution in [0.1, 0.15) is 63.5 Å². The standard InChI is InChI=1S/C16H29N3O2/c1-11(2)13(8-9-17)6-7-14(20)16-15(21-5)10-18-19(16)12(3)4/h10-13H,6-9,17H2,1-5H3. The Morgan fingerprint density at radius 1 is 1.33 bits per heavy atom. The summed E-state index contributed by atoms with van der Waals surface area (Å²) < 4.78 is 7.02. The number of carbonyl (C=O) groups is 1. The summed E-state index contributed by atoms with van der Waals surface area (Å²) in [5, 5.41) is 4.26. The number of hydrogen-bond donors (Lipinski definition) is 1. The lowest BCUT2D eigenvalue weighted by Gasteiger charge is -2.20. The van der Waals surface area contributed by atoms with Gasteiger partial charge in [0.2, 0.25) is 0 Å². The molecule has 1 unspecified atom stereocenters. The van der Waals surface area contributed by atoms with Crippen molar-refractivity contribution in [3.05, 3.63) is 11.9 Å². The molecule has 21 heavy (non-hydrogen) atoms. The van der Waals surface area contributed by atoms with Gasteiger partial charge < -0.3 is 10.5 Å². The molecule has 0 aliphatic heterocycles. The van der Waals surface area contributed by atoms with E-state index in [1.165, 1.54) is 0 Å². The zero-order valence-electron chi connectivity index (χ0n) is 13.9. The number of ether oxygens (including phenoxy) is 1. The fourth-order valence-corrected chi connectivity index (χ4v) is 2.61. The number of methoxy groups -OCH3 is 1. The number of nitrogens with zero attached hydrogens (tertiary/aromatic N) is 2. The first-order valence-corrected chi connectivity index (χ1v) is 7.77. The van der Waals surface area contributed by atoms with Gasteiger partial charge in [-0.05, 0) is 45.1 Å². The average Bonchev–Trinajstić information content (AvgIpc) is 2.86. The molecular formula is C16H29N3O2. The van der Waals surface area contributed by atoms with E-state index in [0.717, 1.165) is 12.8 Å². The van der Waals surface area contributed by atoms with Gasteiger partial charge in [0.1, 0.15) is 5.69 Å². The van der Waals surface area contributed by atoms with Crippen LogP contribution in [-0.4, -0.2) is 29.2 Å². The second-order valence-corrected chi connectivity index (χ2v) is 6.14. The van der Waals surface area contributed by atoms with Crippen LogP contribution in [0.5, 0.6) is 5.75 Å². The molecule has 0 amide bonds. The minimum absolute atomic E-state index is 0.0979. The van der Waals surface area contributed by atoms with E-state index in [2.05, 4.69) is 18.9 Å². The van der Waals surface area contributed by atoms with Crippen LogP contribution in [0.2, 0.25) is 0 Å². The fraction of sp³-hybridized carbons (Fsp3) is 0.750. The third-order valence-electron chi connectivity index (χ3n) is 3.96. The predicted octanol–water partition coefficient (Wildman–Crippen LogP) is 3.06. The Labute approximate surface area is 127 Å². The molecule has 1 rings (SSSR count). The zero-order valence-corrected chi connectivity index (χ0v) is 13.9. The first-order valence-electron chi connectivity index (χ1n) is 7.77. The van der Waals surface area contributed by atoms with E-state index in [4.69, 9.17) is 10.5 Å². The van der Waals surface area contributed by atoms with Gasteiger partial charge in [0, 0.05) is 12.5 Å². The van der Waals surface area contributed by atoms with Gasteiger partial charge in [-0.1, -0.05) is 13.8 Å². The Kier molecular flexibility index (Phi) is 6.89. The smallest absolute Gasteiger partial charge is 0.184 e. The average molecular weight is 295 g/mol. The molecule has 2 N–H and O–H groups in total. The minimum atomic E-state index is 0.0979. The second kappa shape index (κ2) is 8.17. The lowest BCUT2D eigenvalue weighted by atomic mass is 9.87. The summed E-state index contributed by atoms with van der Waals surface area (Å²) >= 11 is 0. The molecule has 0 aromatic carbocycles. The molecule has 1 aromatic rings. The highest BCUT2D eigenvalue weighted by Gasteiger charge is 2.22. The van der Waals surface area contributed by atoms with Gasteiger partial charge in [0.05, 0.1) is 13.3 Å². The molecule has 0 saturated heterocycles. The van der Waals surface area contributed by atoms with Crippen molar-refractivity contribution in [2.75, 3.05) is 13.7 Å². The van der Waals surface area contributed by atoms with Crippen LogP contribution in [0.15, 0.2) is 6.20 Å². The monoisotopic (exact) mass is 295 g/mol. The van der Waals surface area contributed by atoms with Crippen molar-refractivity contribution in [2.24, 2.45) is 17.6 Å². The molecule has 0 spiro atoms. The van der Waals surface area contributed by atoms with E-state index in [1.54, 1.807) is 18.0 Å². The van der Waals surface area contributed by atoms with E-state index >= 15 is 0 Å². The van der Waals surface area contributed by atoms with Crippen LogP contribution >= 0.6 is 0 Å². The van der Waals surface area contributed by atoms with Gasteiger partial charge >= 0.3 is 0 Å². The maximum Gasteiger partial charge on any atom is 0.184 e. The number of ketones is 1. The number of rotatable bonds is 9. The van der Waals surface area contributed by atoms with Crippen molar-refractivity contribution < 1.29 is 9.53 Å². The van der Waals surface area contributed by atoms with Gasteiger partial charge in [-0.2, -0.15) is 5.10 Å². The van der Waals surface area contributed by atoms with Crippen LogP contribution in [0.4, 0.5) is 0 Å². The number of aromatic nitrogens is 2. The lowest BCUT2D eigenvalue weighted by Crippen LogP contribution is -2.18. The zero-order chi connectivity index (χ0) is 16.0. The maximum atomic E-state index is 12.6. The van der Waals surface area contributed by atoms with E-state index in [1.807, 2.05) is 13.8 Å². The minimum Gasteiger partial charge on any atom is -0.493 e. The van der Waals surface area contributed by atoms with Gasteiger partial charge in [-0.15, -0.1) is 0 Å². The SMILES string of the molecule is COc1cnn(C(C)C)c1C(=O)CCC(CCN)C(C)C. The van der Waals surface area contributed by atoms with Gasteiger partial charge in [0.15, 0.2) is 11.5 Å². The van der Waals surface area contributed by atoms with E-state index in [0.29, 0.717) is 36.2 Å².